The Bertz CT molecular complexity index is 271. The summed E-state index contributed by atoms with van der Waals surface area (Å²) in [5, 5.41) is 0. The van der Waals surface area contributed by atoms with E-state index in [1.807, 2.05) is 6.08 Å². The van der Waals surface area contributed by atoms with Crippen molar-refractivity contribution < 1.29 is 4.39 Å². The fraction of sp³-hybridized carbons (Fsp3) is 0.222. The van der Waals surface area contributed by atoms with Crippen molar-refractivity contribution in [3.05, 3.63) is 35.9 Å². The van der Waals surface area contributed by atoms with E-state index in [1.54, 1.807) is 18.3 Å². The molecule has 1 rings (SSSR count). The summed E-state index contributed by atoms with van der Waals surface area (Å²) < 4.78 is 12.9. The summed E-state index contributed by atoms with van der Waals surface area (Å²) in [5.74, 6) is -0.300. The van der Waals surface area contributed by atoms with Gasteiger partial charge in [-0.25, -0.2) is 4.39 Å². The molecule has 0 saturated carbocycles. The lowest BCUT2D eigenvalue weighted by Crippen LogP contribution is -1.95. The molecule has 0 spiro atoms. The van der Waals surface area contributed by atoms with Crippen LogP contribution in [0, 0.1) is 5.82 Å². The highest BCUT2D eigenvalue weighted by atomic mass is 19.1. The van der Waals surface area contributed by atoms with Crippen LogP contribution in [-0.2, 0) is 0 Å². The fourth-order valence-corrected chi connectivity index (χ4v) is 0.828. The Morgan fingerprint density at radius 1 is 1.58 bits per heavy atom. The van der Waals surface area contributed by atoms with E-state index in [2.05, 4.69) is 4.98 Å². The van der Waals surface area contributed by atoms with Crippen LogP contribution in [0.4, 0.5) is 4.39 Å². The minimum Gasteiger partial charge on any atom is -0.330 e. The SMILES string of the molecule is NCC/C=C/c1ccncc1F. The molecule has 3 heteroatoms. The van der Waals surface area contributed by atoms with Crippen LogP contribution >= 0.6 is 0 Å². The first-order valence-corrected chi connectivity index (χ1v) is 3.80. The topological polar surface area (TPSA) is 38.9 Å². The van der Waals surface area contributed by atoms with Crippen LogP contribution in [0.1, 0.15) is 12.0 Å². The third-order valence-electron chi connectivity index (χ3n) is 1.43. The molecule has 0 unspecified atom stereocenters. The summed E-state index contributed by atoms with van der Waals surface area (Å²) in [6, 6.07) is 1.63. The standard InChI is InChI=1S/C9H11FN2/c10-9-7-12-6-4-8(9)3-1-2-5-11/h1,3-4,6-7H,2,5,11H2/b3-1+. The average Bonchev–Trinajstić information content (AvgIpc) is 2.09. The Hall–Kier alpha value is -1.22. The van der Waals surface area contributed by atoms with Gasteiger partial charge < -0.3 is 5.73 Å². The second kappa shape index (κ2) is 4.62. The van der Waals surface area contributed by atoms with E-state index >= 15 is 0 Å². The summed E-state index contributed by atoms with van der Waals surface area (Å²) in [6.45, 7) is 0.587. The smallest absolute Gasteiger partial charge is 0.148 e. The number of halogens is 1. The van der Waals surface area contributed by atoms with Crippen LogP contribution in [0.2, 0.25) is 0 Å². The zero-order chi connectivity index (χ0) is 8.81. The Kier molecular flexibility index (Phi) is 3.41. The molecule has 0 bridgehead atoms. The molecule has 0 radical (unpaired) electrons. The molecule has 0 amide bonds. The molecule has 64 valence electrons. The molecule has 0 aromatic carbocycles. The second-order valence-electron chi connectivity index (χ2n) is 2.38. The number of hydrogen-bond acceptors (Lipinski definition) is 2. The van der Waals surface area contributed by atoms with Crippen molar-refractivity contribution in [3.63, 3.8) is 0 Å². The van der Waals surface area contributed by atoms with Crippen LogP contribution in [-0.4, -0.2) is 11.5 Å². The van der Waals surface area contributed by atoms with E-state index in [0.717, 1.165) is 6.42 Å². The summed E-state index contributed by atoms with van der Waals surface area (Å²) in [5.41, 5.74) is 5.83. The highest BCUT2D eigenvalue weighted by Gasteiger charge is 1.94. The van der Waals surface area contributed by atoms with Gasteiger partial charge in [-0.3, -0.25) is 4.98 Å². The van der Waals surface area contributed by atoms with E-state index in [-0.39, 0.29) is 5.82 Å². The van der Waals surface area contributed by atoms with Crippen LogP contribution in [0.15, 0.2) is 24.5 Å². The Morgan fingerprint density at radius 3 is 3.08 bits per heavy atom. The molecule has 0 atom stereocenters. The fourth-order valence-electron chi connectivity index (χ4n) is 0.828. The quantitative estimate of drug-likeness (QED) is 0.740. The van der Waals surface area contributed by atoms with Gasteiger partial charge in [-0.2, -0.15) is 0 Å². The zero-order valence-corrected chi connectivity index (χ0v) is 6.70. The van der Waals surface area contributed by atoms with E-state index in [9.17, 15) is 4.39 Å². The lowest BCUT2D eigenvalue weighted by atomic mass is 10.2. The molecule has 0 fully saturated rings. The first kappa shape index (κ1) is 8.87. The average molecular weight is 166 g/mol. The van der Waals surface area contributed by atoms with Gasteiger partial charge in [-0.15, -0.1) is 0 Å². The number of aromatic nitrogens is 1. The largest absolute Gasteiger partial charge is 0.330 e. The molecule has 0 aliphatic heterocycles. The summed E-state index contributed by atoms with van der Waals surface area (Å²) >= 11 is 0. The third-order valence-corrected chi connectivity index (χ3v) is 1.43. The van der Waals surface area contributed by atoms with Gasteiger partial charge in [0.2, 0.25) is 0 Å². The molecular weight excluding hydrogens is 155 g/mol. The van der Waals surface area contributed by atoms with Gasteiger partial charge in [0.15, 0.2) is 0 Å². The van der Waals surface area contributed by atoms with Gasteiger partial charge in [0, 0.05) is 11.8 Å². The molecule has 1 aromatic heterocycles. The maximum Gasteiger partial charge on any atom is 0.148 e. The number of rotatable bonds is 3. The van der Waals surface area contributed by atoms with Crippen LogP contribution < -0.4 is 5.73 Å². The second-order valence-corrected chi connectivity index (χ2v) is 2.38. The van der Waals surface area contributed by atoms with Crippen molar-refractivity contribution in [2.24, 2.45) is 5.73 Å². The molecular formula is C9H11FN2. The van der Waals surface area contributed by atoms with Gasteiger partial charge in [0.05, 0.1) is 6.20 Å². The van der Waals surface area contributed by atoms with Crippen LogP contribution in [0.3, 0.4) is 0 Å². The molecule has 0 aliphatic carbocycles. The first-order valence-electron chi connectivity index (χ1n) is 3.80. The predicted octanol–water partition coefficient (Wildman–Crippen LogP) is 1.58. The zero-order valence-electron chi connectivity index (χ0n) is 6.70. The van der Waals surface area contributed by atoms with Crippen LogP contribution in [0.5, 0.6) is 0 Å². The maximum atomic E-state index is 12.9. The molecule has 12 heavy (non-hydrogen) atoms. The molecule has 1 aromatic rings. The lowest BCUT2D eigenvalue weighted by molar-refractivity contribution is 0.618. The van der Waals surface area contributed by atoms with Crippen molar-refractivity contribution in [3.8, 4) is 0 Å². The van der Waals surface area contributed by atoms with Crippen molar-refractivity contribution in [2.45, 2.75) is 6.42 Å². The minimum atomic E-state index is -0.300. The van der Waals surface area contributed by atoms with E-state index in [4.69, 9.17) is 5.73 Å². The summed E-state index contributed by atoms with van der Waals surface area (Å²) in [7, 11) is 0. The highest BCUT2D eigenvalue weighted by Crippen LogP contribution is 2.06. The van der Waals surface area contributed by atoms with Gasteiger partial charge in [-0.05, 0) is 19.0 Å². The van der Waals surface area contributed by atoms with Crippen LogP contribution in [0.25, 0.3) is 6.08 Å². The predicted molar refractivity (Wildman–Crippen MR) is 46.9 cm³/mol. The van der Waals surface area contributed by atoms with E-state index in [0.29, 0.717) is 12.1 Å². The Labute approximate surface area is 70.9 Å². The molecule has 1 heterocycles. The van der Waals surface area contributed by atoms with Gasteiger partial charge in [0.25, 0.3) is 0 Å². The van der Waals surface area contributed by atoms with Gasteiger partial charge >= 0.3 is 0 Å². The van der Waals surface area contributed by atoms with Crippen molar-refractivity contribution in [1.82, 2.24) is 4.98 Å². The summed E-state index contributed by atoms with van der Waals surface area (Å²) in [6.07, 6.45) is 7.08. The molecule has 2 nitrogen and oxygen atoms in total. The number of pyridine rings is 1. The highest BCUT2D eigenvalue weighted by molar-refractivity contribution is 5.48. The van der Waals surface area contributed by atoms with Crippen molar-refractivity contribution in [2.75, 3.05) is 6.54 Å². The third kappa shape index (κ3) is 2.43. The normalized spacial score (nSPS) is 10.8. The lowest BCUT2D eigenvalue weighted by Gasteiger charge is -1.93. The van der Waals surface area contributed by atoms with Gasteiger partial charge in [0.1, 0.15) is 5.82 Å². The van der Waals surface area contributed by atoms with Crippen molar-refractivity contribution in [1.29, 1.82) is 0 Å². The summed E-state index contributed by atoms with van der Waals surface area (Å²) in [4.78, 5) is 3.64. The Balaban J connectivity index is 2.68. The van der Waals surface area contributed by atoms with E-state index in [1.165, 1.54) is 6.20 Å². The number of hydrogen-bond donors (Lipinski definition) is 1. The Morgan fingerprint density at radius 2 is 2.42 bits per heavy atom. The maximum absolute atomic E-state index is 12.9. The molecule has 2 N–H and O–H groups in total. The van der Waals surface area contributed by atoms with Crippen molar-refractivity contribution >= 4 is 6.08 Å². The molecule has 0 saturated heterocycles. The molecule has 0 aliphatic rings. The number of nitrogens with two attached hydrogens (primary N) is 1. The number of nitrogens with zero attached hydrogens (tertiary/aromatic N) is 1. The van der Waals surface area contributed by atoms with E-state index < -0.39 is 0 Å². The monoisotopic (exact) mass is 166 g/mol. The van der Waals surface area contributed by atoms with Gasteiger partial charge in [-0.1, -0.05) is 12.2 Å². The first-order chi connectivity index (χ1) is 5.84. The minimum absolute atomic E-state index is 0.300.